The van der Waals surface area contributed by atoms with E-state index in [9.17, 15) is 9.18 Å². The summed E-state index contributed by atoms with van der Waals surface area (Å²) in [7, 11) is 1.59. The zero-order chi connectivity index (χ0) is 24.4. The van der Waals surface area contributed by atoms with Crippen molar-refractivity contribution in [3.8, 4) is 5.75 Å². The third-order valence-electron chi connectivity index (χ3n) is 8.30. The van der Waals surface area contributed by atoms with Crippen molar-refractivity contribution in [1.29, 1.82) is 0 Å². The summed E-state index contributed by atoms with van der Waals surface area (Å²) in [6.07, 6.45) is 7.61. The largest absolute Gasteiger partial charge is 0.494 e. The second-order valence-corrected chi connectivity index (χ2v) is 10.7. The Hall–Kier alpha value is -2.60. The van der Waals surface area contributed by atoms with Crippen molar-refractivity contribution in [1.82, 2.24) is 4.90 Å². The van der Waals surface area contributed by atoms with Gasteiger partial charge in [-0.1, -0.05) is 37.5 Å². The van der Waals surface area contributed by atoms with Crippen LogP contribution in [0.1, 0.15) is 51.0 Å². The zero-order valence-corrected chi connectivity index (χ0v) is 21.1. The van der Waals surface area contributed by atoms with Crippen molar-refractivity contribution in [3.05, 3.63) is 53.8 Å². The molecule has 1 saturated carbocycles. The zero-order valence-electron chi connectivity index (χ0n) is 21.1. The van der Waals surface area contributed by atoms with Crippen LogP contribution in [0.15, 0.2) is 42.5 Å². The Bertz CT molecular complexity index is 1050. The second-order valence-electron chi connectivity index (χ2n) is 10.7. The number of benzene rings is 2. The highest BCUT2D eigenvalue weighted by Gasteiger charge is 2.44. The molecule has 0 spiro atoms. The Morgan fingerprint density at radius 2 is 1.77 bits per heavy atom. The van der Waals surface area contributed by atoms with E-state index in [-0.39, 0.29) is 17.3 Å². The Kier molecular flexibility index (Phi) is 7.01. The number of piperazine rings is 1. The van der Waals surface area contributed by atoms with Crippen LogP contribution in [0.3, 0.4) is 0 Å². The number of amides is 1. The van der Waals surface area contributed by atoms with Crippen molar-refractivity contribution in [2.75, 3.05) is 49.6 Å². The Balaban J connectivity index is 1.33. The van der Waals surface area contributed by atoms with Crippen LogP contribution >= 0.6 is 0 Å². The van der Waals surface area contributed by atoms with Crippen molar-refractivity contribution in [3.63, 3.8) is 0 Å². The highest BCUT2D eigenvalue weighted by atomic mass is 19.1. The topological polar surface area (TPSA) is 36.0 Å². The van der Waals surface area contributed by atoms with E-state index in [0.29, 0.717) is 11.7 Å². The number of carbonyl (C=O) groups is 1. The van der Waals surface area contributed by atoms with Crippen LogP contribution in [-0.2, 0) is 11.2 Å². The summed E-state index contributed by atoms with van der Waals surface area (Å²) in [5, 5.41) is 0. The predicted molar refractivity (Wildman–Crippen MR) is 139 cm³/mol. The maximum atomic E-state index is 14.0. The van der Waals surface area contributed by atoms with Crippen LogP contribution in [0.25, 0.3) is 0 Å². The molecule has 3 aliphatic rings. The highest BCUT2D eigenvalue weighted by Crippen LogP contribution is 2.40. The molecule has 2 aromatic rings. The van der Waals surface area contributed by atoms with Crippen molar-refractivity contribution < 1.29 is 13.9 Å². The van der Waals surface area contributed by atoms with Gasteiger partial charge in [0.1, 0.15) is 11.6 Å². The van der Waals surface area contributed by atoms with Gasteiger partial charge in [0.05, 0.1) is 18.3 Å². The Morgan fingerprint density at radius 3 is 2.51 bits per heavy atom. The van der Waals surface area contributed by atoms with Gasteiger partial charge in [-0.15, -0.1) is 0 Å². The maximum Gasteiger partial charge on any atom is 0.230 e. The average molecular weight is 480 g/mol. The molecule has 0 aromatic heterocycles. The standard InChI is InChI=1S/C29H38FN3O2/c1-29(21-31-16-18-32(19-17-31)26-13-12-24(30)20-27(26)35-2)15-14-22-8-6-7-11-25(22)33(29)28(34)23-9-4-3-5-10-23/h6-8,11-13,20,23H,3-5,9-10,14-19,21H2,1-2H3. The molecular weight excluding hydrogens is 441 g/mol. The SMILES string of the molecule is COc1cc(F)ccc1N1CCN(CC2(C)CCc3ccccc3N2C(=O)C2CCCCC2)CC1. The Morgan fingerprint density at radius 1 is 1.03 bits per heavy atom. The van der Waals surface area contributed by atoms with Gasteiger partial charge in [0.25, 0.3) is 0 Å². The molecule has 35 heavy (non-hydrogen) atoms. The average Bonchev–Trinajstić information content (AvgIpc) is 2.89. The third-order valence-corrected chi connectivity index (χ3v) is 8.30. The van der Waals surface area contributed by atoms with E-state index in [1.54, 1.807) is 7.11 Å². The minimum atomic E-state index is -0.280. The molecule has 0 bridgehead atoms. The van der Waals surface area contributed by atoms with Crippen LogP contribution in [0.5, 0.6) is 5.75 Å². The number of hydrogen-bond acceptors (Lipinski definition) is 4. The van der Waals surface area contributed by atoms with Gasteiger partial charge in [0.15, 0.2) is 0 Å². The molecule has 2 fully saturated rings. The first-order valence-electron chi connectivity index (χ1n) is 13.2. The first-order valence-corrected chi connectivity index (χ1v) is 13.2. The fourth-order valence-electron chi connectivity index (χ4n) is 6.35. The summed E-state index contributed by atoms with van der Waals surface area (Å²) >= 11 is 0. The lowest BCUT2D eigenvalue weighted by atomic mass is 9.81. The van der Waals surface area contributed by atoms with Gasteiger partial charge in [0.2, 0.25) is 5.91 Å². The van der Waals surface area contributed by atoms with Gasteiger partial charge >= 0.3 is 0 Å². The molecule has 0 radical (unpaired) electrons. The van der Waals surface area contributed by atoms with Crippen molar-refractivity contribution in [2.24, 2.45) is 5.92 Å². The molecule has 1 aliphatic carbocycles. The monoisotopic (exact) mass is 479 g/mol. The summed E-state index contributed by atoms with van der Waals surface area (Å²) < 4.78 is 19.1. The first kappa shape index (κ1) is 24.1. The number of ether oxygens (including phenoxy) is 1. The smallest absolute Gasteiger partial charge is 0.230 e. The number of hydrogen-bond donors (Lipinski definition) is 0. The number of halogens is 1. The number of fused-ring (bicyclic) bond motifs is 1. The van der Waals surface area contributed by atoms with Gasteiger partial charge in [-0.25, -0.2) is 4.39 Å². The van der Waals surface area contributed by atoms with Crippen LogP contribution in [-0.4, -0.2) is 56.2 Å². The second kappa shape index (κ2) is 10.2. The van der Waals surface area contributed by atoms with E-state index in [1.807, 2.05) is 6.07 Å². The summed E-state index contributed by atoms with van der Waals surface area (Å²) in [5.74, 6) is 0.780. The van der Waals surface area contributed by atoms with E-state index in [4.69, 9.17) is 4.74 Å². The molecule has 1 saturated heterocycles. The molecule has 5 rings (SSSR count). The fourth-order valence-corrected chi connectivity index (χ4v) is 6.35. The van der Waals surface area contributed by atoms with E-state index < -0.39 is 0 Å². The van der Waals surface area contributed by atoms with Gasteiger partial charge in [-0.2, -0.15) is 0 Å². The summed E-state index contributed by atoms with van der Waals surface area (Å²) in [6.45, 7) is 6.68. The van der Waals surface area contributed by atoms with Gasteiger partial charge in [-0.05, 0) is 56.4 Å². The number of anilines is 2. The third kappa shape index (κ3) is 4.90. The number of aryl methyl sites for hydroxylation is 1. The van der Waals surface area contributed by atoms with Gasteiger partial charge in [-0.3, -0.25) is 9.69 Å². The minimum Gasteiger partial charge on any atom is -0.494 e. The van der Waals surface area contributed by atoms with E-state index in [0.717, 1.165) is 82.6 Å². The molecule has 188 valence electrons. The van der Waals surface area contributed by atoms with E-state index in [1.165, 1.54) is 24.1 Å². The number of para-hydroxylation sites is 1. The van der Waals surface area contributed by atoms with E-state index in [2.05, 4.69) is 45.9 Å². The first-order chi connectivity index (χ1) is 17.0. The normalized spacial score (nSPS) is 23.7. The number of carbonyl (C=O) groups excluding carboxylic acids is 1. The number of methoxy groups -OCH3 is 1. The molecule has 1 atom stereocenters. The lowest BCUT2D eigenvalue weighted by Crippen LogP contribution is -2.61. The summed E-state index contributed by atoms with van der Waals surface area (Å²) in [4.78, 5) is 20.9. The summed E-state index contributed by atoms with van der Waals surface area (Å²) in [6, 6.07) is 13.3. The molecule has 2 heterocycles. The molecule has 6 heteroatoms. The van der Waals surface area contributed by atoms with Gasteiger partial charge in [0, 0.05) is 50.4 Å². The molecule has 0 N–H and O–H groups in total. The molecule has 5 nitrogen and oxygen atoms in total. The van der Waals surface area contributed by atoms with Crippen LogP contribution in [0, 0.1) is 11.7 Å². The molecular formula is C29H38FN3O2. The van der Waals surface area contributed by atoms with Gasteiger partial charge < -0.3 is 14.5 Å². The van der Waals surface area contributed by atoms with Crippen LogP contribution in [0.2, 0.25) is 0 Å². The minimum absolute atomic E-state index is 0.150. The van der Waals surface area contributed by atoms with Crippen LogP contribution < -0.4 is 14.5 Å². The van der Waals surface area contributed by atoms with E-state index >= 15 is 0 Å². The predicted octanol–water partition coefficient (Wildman–Crippen LogP) is 5.27. The molecule has 1 amide bonds. The molecule has 2 aromatic carbocycles. The summed E-state index contributed by atoms with van der Waals surface area (Å²) in [5.41, 5.74) is 3.13. The maximum absolute atomic E-state index is 14.0. The fraction of sp³-hybridized carbons (Fsp3) is 0.552. The Labute approximate surface area is 208 Å². The highest BCUT2D eigenvalue weighted by molar-refractivity contribution is 5.97. The lowest BCUT2D eigenvalue weighted by Gasteiger charge is -2.50. The van der Waals surface area contributed by atoms with Crippen LogP contribution in [0.4, 0.5) is 15.8 Å². The lowest BCUT2D eigenvalue weighted by molar-refractivity contribution is -0.124. The van der Waals surface area contributed by atoms with Crippen molar-refractivity contribution >= 4 is 17.3 Å². The van der Waals surface area contributed by atoms with Crippen molar-refractivity contribution in [2.45, 2.75) is 57.4 Å². The molecule has 1 unspecified atom stereocenters. The number of rotatable bonds is 5. The quantitative estimate of drug-likeness (QED) is 0.585. The molecule has 2 aliphatic heterocycles. The number of nitrogens with zero attached hydrogens (tertiary/aromatic N) is 3.